The molecule has 2 atom stereocenters. The molecule has 2 heteroatoms. The SMILES string of the molecule is CCCCCCCCCCCC(O)C(O)CCCCCCCCCCC. The van der Waals surface area contributed by atoms with Crippen molar-refractivity contribution in [1.29, 1.82) is 0 Å². The first-order valence-electron chi connectivity index (χ1n) is 12.1. The second kappa shape index (κ2) is 21.2. The van der Waals surface area contributed by atoms with E-state index in [-0.39, 0.29) is 0 Å². The van der Waals surface area contributed by atoms with Gasteiger partial charge in [0.25, 0.3) is 0 Å². The standard InChI is InChI=1S/C24H50O2/c1-3-5-7-9-11-13-15-17-19-21-23(25)24(26)22-20-18-16-14-12-10-8-6-4-2/h23-26H,3-22H2,1-2H3. The van der Waals surface area contributed by atoms with Gasteiger partial charge in [0.1, 0.15) is 0 Å². The summed E-state index contributed by atoms with van der Waals surface area (Å²) in [6, 6.07) is 0. The smallest absolute Gasteiger partial charge is 0.0799 e. The molecule has 0 saturated heterocycles. The Bertz CT molecular complexity index is 229. The van der Waals surface area contributed by atoms with E-state index in [1.807, 2.05) is 0 Å². The number of rotatable bonds is 21. The Balaban J connectivity index is 3.31. The molecule has 0 aromatic carbocycles. The molecule has 0 aliphatic heterocycles. The fraction of sp³-hybridized carbons (Fsp3) is 1.00. The number of aliphatic hydroxyl groups excluding tert-OH is 2. The third-order valence-corrected chi connectivity index (χ3v) is 5.65. The Morgan fingerprint density at radius 3 is 0.885 bits per heavy atom. The first-order valence-corrected chi connectivity index (χ1v) is 12.1. The molecule has 0 fully saturated rings. The summed E-state index contributed by atoms with van der Waals surface area (Å²) in [4.78, 5) is 0. The Labute approximate surface area is 165 Å². The molecule has 26 heavy (non-hydrogen) atoms. The van der Waals surface area contributed by atoms with E-state index in [1.165, 1.54) is 103 Å². The molecule has 0 saturated carbocycles. The van der Waals surface area contributed by atoms with Gasteiger partial charge < -0.3 is 10.2 Å². The van der Waals surface area contributed by atoms with Crippen LogP contribution in [0.3, 0.4) is 0 Å². The highest BCUT2D eigenvalue weighted by atomic mass is 16.3. The van der Waals surface area contributed by atoms with Gasteiger partial charge in [-0.15, -0.1) is 0 Å². The van der Waals surface area contributed by atoms with Crippen LogP contribution < -0.4 is 0 Å². The lowest BCUT2D eigenvalue weighted by molar-refractivity contribution is 0.00711. The van der Waals surface area contributed by atoms with Crippen LogP contribution in [0.15, 0.2) is 0 Å². The van der Waals surface area contributed by atoms with Gasteiger partial charge in [0, 0.05) is 0 Å². The van der Waals surface area contributed by atoms with Crippen molar-refractivity contribution < 1.29 is 10.2 Å². The van der Waals surface area contributed by atoms with Gasteiger partial charge in [0.05, 0.1) is 12.2 Å². The van der Waals surface area contributed by atoms with Crippen LogP contribution in [-0.2, 0) is 0 Å². The van der Waals surface area contributed by atoms with Crippen molar-refractivity contribution in [2.75, 3.05) is 0 Å². The summed E-state index contributed by atoms with van der Waals surface area (Å²) >= 11 is 0. The van der Waals surface area contributed by atoms with Crippen molar-refractivity contribution >= 4 is 0 Å². The summed E-state index contributed by atoms with van der Waals surface area (Å²) in [5, 5.41) is 20.2. The van der Waals surface area contributed by atoms with Gasteiger partial charge in [-0.25, -0.2) is 0 Å². The third-order valence-electron chi connectivity index (χ3n) is 5.65. The number of hydrogen-bond acceptors (Lipinski definition) is 2. The summed E-state index contributed by atoms with van der Waals surface area (Å²) in [6.07, 6.45) is 24.0. The first-order chi connectivity index (χ1) is 12.7. The van der Waals surface area contributed by atoms with Gasteiger partial charge in [-0.3, -0.25) is 0 Å². The van der Waals surface area contributed by atoms with E-state index >= 15 is 0 Å². The maximum absolute atomic E-state index is 10.1. The number of unbranched alkanes of at least 4 members (excludes halogenated alkanes) is 16. The molecule has 2 nitrogen and oxygen atoms in total. The highest BCUT2D eigenvalue weighted by Crippen LogP contribution is 2.16. The molecular weight excluding hydrogens is 320 g/mol. The average molecular weight is 371 g/mol. The van der Waals surface area contributed by atoms with Gasteiger partial charge in [-0.05, 0) is 12.8 Å². The van der Waals surface area contributed by atoms with Crippen molar-refractivity contribution in [3.05, 3.63) is 0 Å². The van der Waals surface area contributed by atoms with E-state index in [2.05, 4.69) is 13.8 Å². The average Bonchev–Trinajstić information content (AvgIpc) is 2.65. The van der Waals surface area contributed by atoms with Crippen LogP contribution in [0.4, 0.5) is 0 Å². The van der Waals surface area contributed by atoms with Crippen molar-refractivity contribution in [2.24, 2.45) is 0 Å². The molecule has 0 amide bonds. The van der Waals surface area contributed by atoms with E-state index in [0.717, 1.165) is 25.7 Å². The molecule has 2 N–H and O–H groups in total. The van der Waals surface area contributed by atoms with Crippen LogP contribution >= 0.6 is 0 Å². The molecule has 0 aliphatic carbocycles. The van der Waals surface area contributed by atoms with Crippen LogP contribution in [0.25, 0.3) is 0 Å². The molecule has 0 radical (unpaired) electrons. The van der Waals surface area contributed by atoms with E-state index < -0.39 is 12.2 Å². The van der Waals surface area contributed by atoms with Crippen LogP contribution in [-0.4, -0.2) is 22.4 Å². The molecule has 0 aromatic rings. The zero-order chi connectivity index (χ0) is 19.3. The third kappa shape index (κ3) is 18.7. The highest BCUT2D eigenvalue weighted by molar-refractivity contribution is 4.67. The summed E-state index contributed by atoms with van der Waals surface area (Å²) in [5.74, 6) is 0. The lowest BCUT2D eigenvalue weighted by Crippen LogP contribution is -2.25. The van der Waals surface area contributed by atoms with Crippen molar-refractivity contribution in [2.45, 2.75) is 154 Å². The van der Waals surface area contributed by atoms with Crippen molar-refractivity contribution in [3.8, 4) is 0 Å². The predicted octanol–water partition coefficient (Wildman–Crippen LogP) is 7.55. The molecule has 0 aliphatic rings. The molecule has 0 heterocycles. The van der Waals surface area contributed by atoms with E-state index in [1.54, 1.807) is 0 Å². The summed E-state index contributed by atoms with van der Waals surface area (Å²) in [5.41, 5.74) is 0. The summed E-state index contributed by atoms with van der Waals surface area (Å²) < 4.78 is 0. The van der Waals surface area contributed by atoms with Crippen LogP contribution in [0.5, 0.6) is 0 Å². The summed E-state index contributed by atoms with van der Waals surface area (Å²) in [6.45, 7) is 4.52. The monoisotopic (exact) mass is 370 g/mol. The number of aliphatic hydroxyl groups is 2. The fourth-order valence-electron chi connectivity index (χ4n) is 3.71. The maximum Gasteiger partial charge on any atom is 0.0799 e. The Morgan fingerprint density at radius 2 is 0.615 bits per heavy atom. The second-order valence-electron chi connectivity index (χ2n) is 8.37. The van der Waals surface area contributed by atoms with E-state index in [4.69, 9.17) is 0 Å². The lowest BCUT2D eigenvalue weighted by Gasteiger charge is -2.17. The zero-order valence-corrected chi connectivity index (χ0v) is 18.2. The minimum atomic E-state index is -0.506. The zero-order valence-electron chi connectivity index (χ0n) is 18.2. The molecular formula is C24H50O2. The normalized spacial score (nSPS) is 13.8. The number of hydrogen-bond donors (Lipinski definition) is 2. The maximum atomic E-state index is 10.1. The molecule has 0 aromatic heterocycles. The van der Waals surface area contributed by atoms with Crippen molar-refractivity contribution in [3.63, 3.8) is 0 Å². The molecule has 158 valence electrons. The molecule has 0 rings (SSSR count). The second-order valence-corrected chi connectivity index (χ2v) is 8.37. The Hall–Kier alpha value is -0.0800. The Morgan fingerprint density at radius 1 is 0.385 bits per heavy atom. The van der Waals surface area contributed by atoms with Gasteiger partial charge in [0.15, 0.2) is 0 Å². The predicted molar refractivity (Wildman–Crippen MR) is 116 cm³/mol. The van der Waals surface area contributed by atoms with Crippen LogP contribution in [0.1, 0.15) is 142 Å². The van der Waals surface area contributed by atoms with Crippen LogP contribution in [0, 0.1) is 0 Å². The van der Waals surface area contributed by atoms with Gasteiger partial charge in [-0.1, -0.05) is 129 Å². The highest BCUT2D eigenvalue weighted by Gasteiger charge is 2.15. The largest absolute Gasteiger partial charge is 0.390 e. The van der Waals surface area contributed by atoms with E-state index in [0.29, 0.717) is 0 Å². The van der Waals surface area contributed by atoms with Gasteiger partial charge in [-0.2, -0.15) is 0 Å². The Kier molecular flexibility index (Phi) is 21.2. The molecule has 2 unspecified atom stereocenters. The fourth-order valence-corrected chi connectivity index (χ4v) is 3.71. The minimum absolute atomic E-state index is 0.506. The van der Waals surface area contributed by atoms with Crippen LogP contribution in [0.2, 0.25) is 0 Å². The first kappa shape index (κ1) is 25.9. The molecule has 0 spiro atoms. The minimum Gasteiger partial charge on any atom is -0.390 e. The van der Waals surface area contributed by atoms with Crippen molar-refractivity contribution in [1.82, 2.24) is 0 Å². The lowest BCUT2D eigenvalue weighted by atomic mass is 9.99. The summed E-state index contributed by atoms with van der Waals surface area (Å²) in [7, 11) is 0. The van der Waals surface area contributed by atoms with Gasteiger partial charge in [0.2, 0.25) is 0 Å². The molecule has 0 bridgehead atoms. The van der Waals surface area contributed by atoms with E-state index in [9.17, 15) is 10.2 Å². The topological polar surface area (TPSA) is 40.5 Å². The van der Waals surface area contributed by atoms with Gasteiger partial charge >= 0.3 is 0 Å². The quantitative estimate of drug-likeness (QED) is 0.205.